The number of nitrogens with zero attached hydrogens (tertiary/aromatic N) is 2. The van der Waals surface area contributed by atoms with Gasteiger partial charge in [0.25, 0.3) is 0 Å². The number of benzene rings is 3. The Bertz CT molecular complexity index is 1140. The van der Waals surface area contributed by atoms with Gasteiger partial charge in [-0.25, -0.2) is 0 Å². The topological polar surface area (TPSA) is 77.7 Å². The number of phenols is 2. The summed E-state index contributed by atoms with van der Waals surface area (Å²) >= 11 is 0. The fourth-order valence-electron chi connectivity index (χ4n) is 2.98. The maximum atomic E-state index is 10.3. The van der Waals surface area contributed by atoms with E-state index in [1.807, 2.05) is 66.7 Å². The second-order valence-corrected chi connectivity index (χ2v) is 6.41. The minimum absolute atomic E-state index is 0.000415. The van der Waals surface area contributed by atoms with E-state index in [0.29, 0.717) is 17.7 Å². The maximum Gasteiger partial charge on any atom is 0.128 e. The Morgan fingerprint density at radius 1 is 0.857 bits per heavy atom. The van der Waals surface area contributed by atoms with Crippen molar-refractivity contribution in [3.63, 3.8) is 0 Å². The molecule has 0 atom stereocenters. The highest BCUT2D eigenvalue weighted by molar-refractivity contribution is 6.04. The van der Waals surface area contributed by atoms with Gasteiger partial charge in [0.2, 0.25) is 0 Å². The molecule has 0 amide bonds. The lowest BCUT2D eigenvalue weighted by atomic mass is 10.0. The van der Waals surface area contributed by atoms with Gasteiger partial charge in [-0.05, 0) is 36.4 Å². The number of nitrogens with one attached hydrogen (secondary N) is 1. The van der Waals surface area contributed by atoms with E-state index in [1.165, 1.54) is 12.1 Å². The van der Waals surface area contributed by atoms with Crippen LogP contribution in [0.4, 0.5) is 5.69 Å². The van der Waals surface area contributed by atoms with Gasteiger partial charge < -0.3 is 10.2 Å². The monoisotopic (exact) mass is 369 g/mol. The van der Waals surface area contributed by atoms with Crippen molar-refractivity contribution < 1.29 is 10.2 Å². The molecule has 0 aliphatic rings. The number of hydrogen-bond acceptors (Lipinski definition) is 5. The largest absolute Gasteiger partial charge is 0.508 e. The van der Waals surface area contributed by atoms with Crippen LogP contribution in [0.5, 0.6) is 11.5 Å². The molecule has 1 heterocycles. The molecule has 138 valence electrons. The third-order valence-electron chi connectivity index (χ3n) is 4.39. The molecule has 4 aromatic rings. The molecule has 3 aromatic carbocycles. The molecule has 3 N–H and O–H groups in total. The van der Waals surface area contributed by atoms with Crippen LogP contribution in [-0.2, 0) is 6.42 Å². The molecule has 5 heteroatoms. The third kappa shape index (κ3) is 3.94. The Hall–Kier alpha value is -3.86. The van der Waals surface area contributed by atoms with Crippen LogP contribution < -0.4 is 5.43 Å². The molecule has 28 heavy (non-hydrogen) atoms. The molecule has 0 fully saturated rings. The first-order valence-electron chi connectivity index (χ1n) is 8.94. The minimum Gasteiger partial charge on any atom is -0.508 e. The summed E-state index contributed by atoms with van der Waals surface area (Å²) in [6.45, 7) is 0. The lowest BCUT2D eigenvalue weighted by molar-refractivity contribution is 0.450. The molecule has 0 aliphatic heterocycles. The summed E-state index contributed by atoms with van der Waals surface area (Å²) in [6, 6.07) is 26.0. The van der Waals surface area contributed by atoms with E-state index in [-0.39, 0.29) is 11.5 Å². The van der Waals surface area contributed by atoms with E-state index in [1.54, 1.807) is 6.07 Å². The average Bonchev–Trinajstić information content (AvgIpc) is 2.72. The van der Waals surface area contributed by atoms with Gasteiger partial charge >= 0.3 is 0 Å². The number of fused-ring (bicyclic) bond motifs is 1. The Morgan fingerprint density at radius 2 is 1.64 bits per heavy atom. The fraction of sp³-hybridized carbons (Fsp3) is 0.0435. The normalized spacial score (nSPS) is 11.5. The van der Waals surface area contributed by atoms with Crippen LogP contribution in [0, 0.1) is 0 Å². The van der Waals surface area contributed by atoms with E-state index < -0.39 is 0 Å². The van der Waals surface area contributed by atoms with Gasteiger partial charge in [0.15, 0.2) is 0 Å². The molecule has 0 aliphatic carbocycles. The summed E-state index contributed by atoms with van der Waals surface area (Å²) in [7, 11) is 0. The van der Waals surface area contributed by atoms with Crippen molar-refractivity contribution in [3.05, 3.63) is 96.2 Å². The van der Waals surface area contributed by atoms with Gasteiger partial charge in [-0.15, -0.1) is 0 Å². The van der Waals surface area contributed by atoms with E-state index in [0.717, 1.165) is 22.3 Å². The SMILES string of the molecule is Oc1ccc(C(Cc2ccc3ccccc3n2)=NNc2ccccc2)c(O)c1. The molecule has 1 aromatic heterocycles. The highest BCUT2D eigenvalue weighted by Crippen LogP contribution is 2.25. The van der Waals surface area contributed by atoms with Crippen LogP contribution >= 0.6 is 0 Å². The lowest BCUT2D eigenvalue weighted by Gasteiger charge is -2.11. The van der Waals surface area contributed by atoms with E-state index in [4.69, 9.17) is 4.98 Å². The van der Waals surface area contributed by atoms with Crippen molar-refractivity contribution in [1.82, 2.24) is 4.98 Å². The zero-order chi connectivity index (χ0) is 19.3. The first-order valence-corrected chi connectivity index (χ1v) is 8.94. The summed E-state index contributed by atoms with van der Waals surface area (Å²) in [5, 5.41) is 25.5. The minimum atomic E-state index is -0.0330. The predicted molar refractivity (Wildman–Crippen MR) is 112 cm³/mol. The third-order valence-corrected chi connectivity index (χ3v) is 4.39. The molecule has 4 rings (SSSR count). The van der Waals surface area contributed by atoms with Gasteiger partial charge in [-0.1, -0.05) is 42.5 Å². The van der Waals surface area contributed by atoms with Gasteiger partial charge in [0, 0.05) is 29.1 Å². The molecule has 0 radical (unpaired) electrons. The summed E-state index contributed by atoms with van der Waals surface area (Å²) < 4.78 is 0. The molecule has 0 spiro atoms. The van der Waals surface area contributed by atoms with Crippen LogP contribution in [0.1, 0.15) is 11.3 Å². The summed E-state index contributed by atoms with van der Waals surface area (Å²) in [5.41, 5.74) is 6.76. The summed E-state index contributed by atoms with van der Waals surface area (Å²) in [6.07, 6.45) is 0.420. The first-order chi connectivity index (χ1) is 13.7. The Kier molecular flexibility index (Phi) is 4.89. The standard InChI is InChI=1S/C23H19N3O2/c27-19-12-13-20(23(28)15-19)22(26-25-17-7-2-1-3-8-17)14-18-11-10-16-6-4-5-9-21(16)24-18/h1-13,15,25,27-28H,14H2. The number of phenolic OH excluding ortho intramolecular Hbond substituents is 2. The van der Waals surface area contributed by atoms with Crippen LogP contribution in [0.3, 0.4) is 0 Å². The van der Waals surface area contributed by atoms with Crippen LogP contribution in [0.15, 0.2) is 90.0 Å². The first kappa shape index (κ1) is 17.5. The smallest absolute Gasteiger partial charge is 0.128 e. The number of rotatable bonds is 5. The quantitative estimate of drug-likeness (QED) is 0.352. The van der Waals surface area contributed by atoms with Crippen molar-refractivity contribution >= 4 is 22.3 Å². The number of aromatic nitrogens is 1. The Labute approximate surface area is 162 Å². The van der Waals surface area contributed by atoms with Gasteiger partial charge in [0.05, 0.1) is 16.9 Å². The second kappa shape index (κ2) is 7.80. The second-order valence-electron chi connectivity index (χ2n) is 6.41. The van der Waals surface area contributed by atoms with Crippen molar-refractivity contribution in [3.8, 4) is 11.5 Å². The highest BCUT2D eigenvalue weighted by Gasteiger charge is 2.12. The maximum absolute atomic E-state index is 10.3. The van der Waals surface area contributed by atoms with Gasteiger partial charge in [0.1, 0.15) is 11.5 Å². The van der Waals surface area contributed by atoms with Crippen molar-refractivity contribution in [2.45, 2.75) is 6.42 Å². The van der Waals surface area contributed by atoms with E-state index in [2.05, 4.69) is 10.5 Å². The predicted octanol–water partition coefficient (Wildman–Crippen LogP) is 4.70. The Morgan fingerprint density at radius 3 is 2.46 bits per heavy atom. The molecule has 0 saturated heterocycles. The number of aromatic hydroxyl groups is 2. The zero-order valence-electron chi connectivity index (χ0n) is 15.1. The highest BCUT2D eigenvalue weighted by atomic mass is 16.3. The number of para-hydroxylation sites is 2. The molecule has 5 nitrogen and oxygen atoms in total. The molecular weight excluding hydrogens is 350 g/mol. The average molecular weight is 369 g/mol. The number of pyridine rings is 1. The van der Waals surface area contributed by atoms with E-state index in [9.17, 15) is 10.2 Å². The summed E-state index contributed by atoms with van der Waals surface area (Å²) in [5.74, 6) is -0.0325. The van der Waals surface area contributed by atoms with Crippen LogP contribution in [-0.4, -0.2) is 20.9 Å². The fourth-order valence-corrected chi connectivity index (χ4v) is 2.98. The molecule has 0 unspecified atom stereocenters. The summed E-state index contributed by atoms with van der Waals surface area (Å²) in [4.78, 5) is 4.70. The zero-order valence-corrected chi connectivity index (χ0v) is 15.1. The molecular formula is C23H19N3O2. The Balaban J connectivity index is 1.70. The number of hydrazone groups is 1. The molecule has 0 bridgehead atoms. The number of anilines is 1. The van der Waals surface area contributed by atoms with Crippen molar-refractivity contribution in [1.29, 1.82) is 0 Å². The van der Waals surface area contributed by atoms with E-state index >= 15 is 0 Å². The lowest BCUT2D eigenvalue weighted by Crippen LogP contribution is -2.10. The van der Waals surface area contributed by atoms with Crippen LogP contribution in [0.2, 0.25) is 0 Å². The molecule has 0 saturated carbocycles. The van der Waals surface area contributed by atoms with Crippen molar-refractivity contribution in [2.75, 3.05) is 5.43 Å². The van der Waals surface area contributed by atoms with Gasteiger partial charge in [-0.3, -0.25) is 10.4 Å². The van der Waals surface area contributed by atoms with Gasteiger partial charge in [-0.2, -0.15) is 5.10 Å². The van der Waals surface area contributed by atoms with Crippen molar-refractivity contribution in [2.24, 2.45) is 5.10 Å². The number of hydrogen-bond donors (Lipinski definition) is 3. The van der Waals surface area contributed by atoms with Crippen LogP contribution in [0.25, 0.3) is 10.9 Å².